The lowest BCUT2D eigenvalue weighted by Crippen LogP contribution is -2.17. The van der Waals surface area contributed by atoms with E-state index in [0.29, 0.717) is 51.6 Å². The third-order valence-electron chi connectivity index (χ3n) is 4.39. The number of hydrogen-bond donors (Lipinski definition) is 1. The predicted octanol–water partition coefficient (Wildman–Crippen LogP) is 4.15. The number of carbonyl (C=O) groups excluding carboxylic acids is 1. The van der Waals surface area contributed by atoms with Gasteiger partial charge in [0, 0.05) is 19.2 Å². The number of aryl methyl sites for hydroxylation is 2. The maximum Gasteiger partial charge on any atom is 0.297 e. The number of aromatic nitrogens is 6. The van der Waals surface area contributed by atoms with E-state index < -0.39 is 5.91 Å². The molecular weight excluding hydrogens is 413 g/mol. The Labute approximate surface area is 176 Å². The Morgan fingerprint density at radius 3 is 2.55 bits per heavy atom. The van der Waals surface area contributed by atoms with E-state index >= 15 is 0 Å². The van der Waals surface area contributed by atoms with Gasteiger partial charge in [0.05, 0.1) is 10.0 Å². The number of para-hydroxylation sites is 1. The predicted molar refractivity (Wildman–Crippen MR) is 112 cm³/mol. The van der Waals surface area contributed by atoms with Gasteiger partial charge >= 0.3 is 0 Å². The zero-order valence-electron chi connectivity index (χ0n) is 15.7. The van der Waals surface area contributed by atoms with Gasteiger partial charge in [-0.15, -0.1) is 5.10 Å². The summed E-state index contributed by atoms with van der Waals surface area (Å²) in [6.07, 6.45) is 2.23. The Kier molecular flexibility index (Phi) is 5.21. The topological polar surface area (TPSA) is 90.5 Å². The molecule has 0 fully saturated rings. The fourth-order valence-corrected chi connectivity index (χ4v) is 3.61. The fraction of sp³-hybridized carbons (Fsp3) is 0.211. The highest BCUT2D eigenvalue weighted by atomic mass is 35.5. The molecule has 0 aliphatic rings. The second-order valence-electron chi connectivity index (χ2n) is 6.17. The molecule has 0 saturated carbocycles. The van der Waals surface area contributed by atoms with Crippen molar-refractivity contribution in [2.45, 2.75) is 26.8 Å². The maximum atomic E-state index is 12.9. The molecule has 0 spiro atoms. The molecule has 4 aromatic rings. The Bertz CT molecular complexity index is 1190. The lowest BCUT2D eigenvalue weighted by atomic mass is 10.3. The minimum Gasteiger partial charge on any atom is -0.295 e. The van der Waals surface area contributed by atoms with Gasteiger partial charge in [0.2, 0.25) is 11.8 Å². The largest absolute Gasteiger partial charge is 0.297 e. The number of nitrogens with zero attached hydrogens (tertiary/aromatic N) is 6. The van der Waals surface area contributed by atoms with Crippen LogP contribution in [0.25, 0.3) is 16.9 Å². The van der Waals surface area contributed by atoms with E-state index in [1.807, 2.05) is 24.5 Å². The summed E-state index contributed by atoms with van der Waals surface area (Å²) in [4.78, 5) is 26.0. The summed E-state index contributed by atoms with van der Waals surface area (Å²) in [6, 6.07) is 8.80. The Morgan fingerprint density at radius 1 is 1.10 bits per heavy atom. The molecule has 29 heavy (non-hydrogen) atoms. The van der Waals surface area contributed by atoms with E-state index in [0.717, 1.165) is 0 Å². The molecule has 0 atom stereocenters. The van der Waals surface area contributed by atoms with Crippen LogP contribution in [0.3, 0.4) is 0 Å². The zero-order valence-corrected chi connectivity index (χ0v) is 17.2. The van der Waals surface area contributed by atoms with Crippen LogP contribution in [0.5, 0.6) is 0 Å². The monoisotopic (exact) mass is 429 g/mol. The summed E-state index contributed by atoms with van der Waals surface area (Å²) in [7, 11) is 0. The number of nitrogens with one attached hydrogen (secondary N) is 1. The Balaban J connectivity index is 1.71. The lowest BCUT2D eigenvalue weighted by molar-refractivity contribution is 0.101. The zero-order chi connectivity index (χ0) is 20.5. The highest BCUT2D eigenvalue weighted by molar-refractivity contribution is 6.37. The number of pyridine rings is 1. The number of rotatable bonds is 5. The van der Waals surface area contributed by atoms with Crippen LogP contribution in [0.2, 0.25) is 10.0 Å². The van der Waals surface area contributed by atoms with Gasteiger partial charge in [0.15, 0.2) is 5.65 Å². The summed E-state index contributed by atoms with van der Waals surface area (Å²) >= 11 is 12.6. The van der Waals surface area contributed by atoms with Crippen molar-refractivity contribution in [1.82, 2.24) is 29.3 Å². The number of amides is 1. The van der Waals surface area contributed by atoms with Gasteiger partial charge in [-0.05, 0) is 31.2 Å². The quantitative estimate of drug-likeness (QED) is 0.514. The summed E-state index contributed by atoms with van der Waals surface area (Å²) in [5.41, 5.74) is 1.88. The lowest BCUT2D eigenvalue weighted by Gasteiger charge is -2.08. The van der Waals surface area contributed by atoms with Crippen LogP contribution in [-0.2, 0) is 13.0 Å². The molecule has 0 radical (unpaired) electrons. The first-order chi connectivity index (χ1) is 14.0. The molecule has 8 nitrogen and oxygen atoms in total. The van der Waals surface area contributed by atoms with Gasteiger partial charge in [-0.25, -0.2) is 19.6 Å². The number of fused-ring (bicyclic) bond motifs is 1. The third kappa shape index (κ3) is 3.45. The molecule has 0 saturated heterocycles. The Hall–Kier alpha value is -2.97. The van der Waals surface area contributed by atoms with Crippen molar-refractivity contribution in [2.75, 3.05) is 5.32 Å². The van der Waals surface area contributed by atoms with E-state index in [-0.39, 0.29) is 5.82 Å². The van der Waals surface area contributed by atoms with Crippen LogP contribution >= 0.6 is 23.2 Å². The van der Waals surface area contributed by atoms with Crippen molar-refractivity contribution in [3.05, 3.63) is 58.2 Å². The number of carbonyl (C=O) groups is 1. The first-order valence-electron chi connectivity index (χ1n) is 9.06. The third-order valence-corrected chi connectivity index (χ3v) is 5.00. The van der Waals surface area contributed by atoms with Crippen LogP contribution in [0.1, 0.15) is 30.3 Å². The molecular formula is C19H17Cl2N7O. The van der Waals surface area contributed by atoms with E-state index in [1.165, 1.54) is 4.68 Å². The maximum absolute atomic E-state index is 12.9. The molecule has 0 unspecified atom stereocenters. The average Bonchev–Trinajstić information content (AvgIpc) is 3.28. The highest BCUT2D eigenvalue weighted by Crippen LogP contribution is 2.29. The molecule has 148 valence electrons. The normalized spacial score (nSPS) is 11.2. The van der Waals surface area contributed by atoms with Gasteiger partial charge in [-0.3, -0.25) is 14.7 Å². The number of benzene rings is 1. The second-order valence-corrected chi connectivity index (χ2v) is 6.98. The highest BCUT2D eigenvalue weighted by Gasteiger charge is 2.21. The van der Waals surface area contributed by atoms with Crippen molar-refractivity contribution in [1.29, 1.82) is 0 Å². The number of halogens is 2. The average molecular weight is 430 g/mol. The molecule has 1 aromatic carbocycles. The van der Waals surface area contributed by atoms with Crippen molar-refractivity contribution in [2.24, 2.45) is 0 Å². The first-order valence-corrected chi connectivity index (χ1v) is 9.82. The Morgan fingerprint density at radius 2 is 1.86 bits per heavy atom. The summed E-state index contributed by atoms with van der Waals surface area (Å²) in [5.74, 6) is 0.472. The van der Waals surface area contributed by atoms with Crippen LogP contribution in [-0.4, -0.2) is 35.2 Å². The van der Waals surface area contributed by atoms with E-state index in [4.69, 9.17) is 23.2 Å². The molecule has 4 rings (SSSR count). The number of hydrogen-bond acceptors (Lipinski definition) is 5. The van der Waals surface area contributed by atoms with Gasteiger partial charge in [-0.2, -0.15) is 0 Å². The molecule has 0 aliphatic heterocycles. The van der Waals surface area contributed by atoms with E-state index in [1.54, 1.807) is 30.5 Å². The van der Waals surface area contributed by atoms with Gasteiger partial charge in [0.25, 0.3) is 5.91 Å². The smallest absolute Gasteiger partial charge is 0.295 e. The summed E-state index contributed by atoms with van der Waals surface area (Å²) in [5, 5.41) is 7.97. The minimum atomic E-state index is -0.480. The SMILES string of the molecule is CCc1nc(C(=O)Nc2nc3cccnc3n2CC)nn1-c1c(Cl)cccc1Cl. The summed E-state index contributed by atoms with van der Waals surface area (Å²) < 4.78 is 3.32. The summed E-state index contributed by atoms with van der Waals surface area (Å²) in [6.45, 7) is 4.46. The van der Waals surface area contributed by atoms with Gasteiger partial charge in [-0.1, -0.05) is 36.2 Å². The molecule has 1 amide bonds. The fourth-order valence-electron chi connectivity index (χ4n) is 3.05. The second kappa shape index (κ2) is 7.81. The van der Waals surface area contributed by atoms with Crippen molar-refractivity contribution in [3.8, 4) is 5.69 Å². The van der Waals surface area contributed by atoms with Crippen LogP contribution < -0.4 is 5.32 Å². The number of anilines is 1. The molecule has 3 heterocycles. The van der Waals surface area contributed by atoms with Crippen molar-refractivity contribution in [3.63, 3.8) is 0 Å². The van der Waals surface area contributed by atoms with Crippen LogP contribution in [0.4, 0.5) is 5.95 Å². The number of imidazole rings is 1. The molecule has 3 aromatic heterocycles. The van der Waals surface area contributed by atoms with Gasteiger partial charge in [0.1, 0.15) is 17.0 Å². The standard InChI is InChI=1S/C19H17Cl2N7O/c1-3-14-24-16(26-28(14)15-11(20)7-5-8-12(15)21)18(29)25-19-23-13-9-6-10-22-17(13)27(19)4-2/h5-10H,3-4H2,1-2H3,(H,23,25,29). The van der Waals surface area contributed by atoms with E-state index in [2.05, 4.69) is 25.4 Å². The molecule has 0 bridgehead atoms. The molecule has 1 N–H and O–H groups in total. The molecule has 0 aliphatic carbocycles. The minimum absolute atomic E-state index is 0.000467. The van der Waals surface area contributed by atoms with Crippen LogP contribution in [0.15, 0.2) is 36.5 Å². The molecule has 10 heteroatoms. The first kappa shape index (κ1) is 19.4. The van der Waals surface area contributed by atoms with E-state index in [9.17, 15) is 4.79 Å². The van der Waals surface area contributed by atoms with Crippen molar-refractivity contribution >= 4 is 46.2 Å². The van der Waals surface area contributed by atoms with Gasteiger partial charge < -0.3 is 0 Å². The van der Waals surface area contributed by atoms with Crippen LogP contribution in [0, 0.1) is 0 Å². The van der Waals surface area contributed by atoms with Crippen molar-refractivity contribution < 1.29 is 4.79 Å².